The average Bonchev–Trinajstić information content (AvgIpc) is 2.42. The Morgan fingerprint density at radius 2 is 1.86 bits per heavy atom. The Bertz CT molecular complexity index is 770. The molecule has 0 saturated heterocycles. The smallest absolute Gasteiger partial charge is 0.339 e. The van der Waals surface area contributed by atoms with Gasteiger partial charge in [0.15, 0.2) is 5.75 Å². The van der Waals surface area contributed by atoms with Crippen LogP contribution in [0.25, 0.3) is 0 Å². The zero-order valence-corrected chi connectivity index (χ0v) is 12.6. The Kier molecular flexibility index (Phi) is 4.50. The minimum Gasteiger partial charge on any atom is -0.411 e. The molecule has 0 radical (unpaired) electrons. The lowest BCUT2D eigenvalue weighted by atomic mass is 10.2. The minimum absolute atomic E-state index is 0.00679. The van der Waals surface area contributed by atoms with Crippen LogP contribution in [0.2, 0.25) is 5.02 Å². The maximum absolute atomic E-state index is 12.1. The molecule has 0 aliphatic carbocycles. The molecule has 0 unspecified atom stereocenters. The van der Waals surface area contributed by atoms with Gasteiger partial charge in [-0.25, -0.2) is 0 Å². The first-order valence-corrected chi connectivity index (χ1v) is 7.69. The van der Waals surface area contributed by atoms with Gasteiger partial charge in [-0.05, 0) is 42.8 Å². The minimum atomic E-state index is -3.95. The first kappa shape index (κ1) is 15.3. The van der Waals surface area contributed by atoms with Crippen LogP contribution < -0.4 is 4.18 Å². The van der Waals surface area contributed by atoms with E-state index in [1.54, 1.807) is 12.1 Å². The van der Waals surface area contributed by atoms with Crippen molar-refractivity contribution >= 4 is 27.9 Å². The number of hydrogen-bond acceptors (Lipinski definition) is 5. The van der Waals surface area contributed by atoms with Crippen LogP contribution in [0.3, 0.4) is 0 Å². The number of oxime groups is 1. The summed E-state index contributed by atoms with van der Waals surface area (Å²) in [5.74, 6) is 0.00679. The maximum atomic E-state index is 12.1. The number of hydrogen-bond donors (Lipinski definition) is 1. The lowest BCUT2D eigenvalue weighted by Crippen LogP contribution is -2.10. The molecule has 0 atom stereocenters. The predicted octanol–water partition coefficient (Wildman–Crippen LogP) is 3.22. The molecule has 7 heteroatoms. The molecule has 21 heavy (non-hydrogen) atoms. The molecular weight excluding hydrogens is 314 g/mol. The third-order valence-electron chi connectivity index (χ3n) is 2.67. The van der Waals surface area contributed by atoms with Gasteiger partial charge < -0.3 is 9.39 Å². The molecule has 0 saturated carbocycles. The molecule has 0 spiro atoms. The molecule has 0 aromatic heterocycles. The van der Waals surface area contributed by atoms with Crippen molar-refractivity contribution in [1.29, 1.82) is 0 Å². The highest BCUT2D eigenvalue weighted by molar-refractivity contribution is 7.87. The van der Waals surface area contributed by atoms with Crippen LogP contribution in [-0.2, 0) is 10.1 Å². The Balaban J connectivity index is 2.30. The van der Waals surface area contributed by atoms with Crippen LogP contribution in [0.4, 0.5) is 0 Å². The Labute approximate surface area is 127 Å². The highest BCUT2D eigenvalue weighted by Gasteiger charge is 2.18. The van der Waals surface area contributed by atoms with Crippen LogP contribution in [0.5, 0.6) is 5.75 Å². The topological polar surface area (TPSA) is 76.0 Å². The van der Waals surface area contributed by atoms with E-state index in [2.05, 4.69) is 5.16 Å². The molecule has 0 aliphatic rings. The highest BCUT2D eigenvalue weighted by atomic mass is 35.5. The van der Waals surface area contributed by atoms with Gasteiger partial charge in [-0.3, -0.25) is 0 Å². The van der Waals surface area contributed by atoms with Gasteiger partial charge in [0.25, 0.3) is 0 Å². The molecule has 0 fully saturated rings. The molecule has 5 nitrogen and oxygen atoms in total. The second kappa shape index (κ2) is 6.15. The second-order valence-corrected chi connectivity index (χ2v) is 6.24. The van der Waals surface area contributed by atoms with Crippen LogP contribution in [0.15, 0.2) is 52.5 Å². The predicted molar refractivity (Wildman–Crippen MR) is 79.8 cm³/mol. The summed E-state index contributed by atoms with van der Waals surface area (Å²) in [5, 5.41) is 11.4. The fourth-order valence-electron chi connectivity index (χ4n) is 1.60. The summed E-state index contributed by atoms with van der Waals surface area (Å²) < 4.78 is 29.3. The van der Waals surface area contributed by atoms with E-state index >= 15 is 0 Å². The summed E-state index contributed by atoms with van der Waals surface area (Å²) in [6.07, 6.45) is 1.17. The fourth-order valence-corrected chi connectivity index (χ4v) is 2.82. The van der Waals surface area contributed by atoms with E-state index in [1.165, 1.54) is 36.5 Å². The average molecular weight is 326 g/mol. The van der Waals surface area contributed by atoms with Gasteiger partial charge >= 0.3 is 10.1 Å². The number of nitrogens with zero attached hydrogens (tertiary/aromatic N) is 1. The van der Waals surface area contributed by atoms with E-state index in [0.29, 0.717) is 5.56 Å². The van der Waals surface area contributed by atoms with Gasteiger partial charge in [-0.1, -0.05) is 34.5 Å². The number of aryl methyl sites for hydroxylation is 1. The normalized spacial score (nSPS) is 11.7. The third-order valence-corrected chi connectivity index (χ3v) is 4.22. The fraction of sp³-hybridized carbons (Fsp3) is 0.0714. The first-order chi connectivity index (χ1) is 9.92. The lowest BCUT2D eigenvalue weighted by molar-refractivity contribution is 0.322. The van der Waals surface area contributed by atoms with Gasteiger partial charge in [-0.2, -0.15) is 8.42 Å². The van der Waals surface area contributed by atoms with E-state index in [1.807, 2.05) is 6.92 Å². The molecule has 2 aromatic rings. The van der Waals surface area contributed by atoms with Crippen molar-refractivity contribution in [3.05, 3.63) is 58.6 Å². The Morgan fingerprint density at radius 3 is 2.43 bits per heavy atom. The molecule has 0 aliphatic heterocycles. The summed E-state index contributed by atoms with van der Waals surface area (Å²) >= 11 is 5.95. The van der Waals surface area contributed by atoms with Crippen LogP contribution >= 0.6 is 11.6 Å². The van der Waals surface area contributed by atoms with Crippen molar-refractivity contribution in [2.45, 2.75) is 11.8 Å². The highest BCUT2D eigenvalue weighted by Crippen LogP contribution is 2.28. The zero-order chi connectivity index (χ0) is 15.5. The Hall–Kier alpha value is -2.05. The van der Waals surface area contributed by atoms with Crippen LogP contribution in [-0.4, -0.2) is 19.8 Å². The third kappa shape index (κ3) is 3.74. The molecule has 1 N–H and O–H groups in total. The van der Waals surface area contributed by atoms with Crippen molar-refractivity contribution in [1.82, 2.24) is 0 Å². The van der Waals surface area contributed by atoms with E-state index in [4.69, 9.17) is 21.0 Å². The van der Waals surface area contributed by atoms with Gasteiger partial charge in [-0.15, -0.1) is 0 Å². The van der Waals surface area contributed by atoms with Gasteiger partial charge in [0.05, 0.1) is 11.2 Å². The standard InChI is InChI=1S/C14H12ClNO4S/c1-10-2-5-12(6-3-10)21(18,19)20-14-7-4-11(9-16-17)8-13(14)15/h2-9,17H,1H3/b16-9-. The molecule has 0 heterocycles. The van der Waals surface area contributed by atoms with Crippen molar-refractivity contribution in [3.8, 4) is 5.75 Å². The van der Waals surface area contributed by atoms with Crippen LogP contribution in [0, 0.1) is 6.92 Å². The van der Waals surface area contributed by atoms with Gasteiger partial charge in [0.2, 0.25) is 0 Å². The van der Waals surface area contributed by atoms with E-state index in [-0.39, 0.29) is 15.7 Å². The molecule has 2 rings (SSSR count). The number of rotatable bonds is 4. The Morgan fingerprint density at radius 1 is 1.19 bits per heavy atom. The summed E-state index contributed by atoms with van der Waals surface area (Å²) in [7, 11) is -3.95. The lowest BCUT2D eigenvalue weighted by Gasteiger charge is -2.09. The largest absolute Gasteiger partial charge is 0.411 e. The van der Waals surface area contributed by atoms with Crippen molar-refractivity contribution < 1.29 is 17.8 Å². The molecule has 0 bridgehead atoms. The van der Waals surface area contributed by atoms with Crippen molar-refractivity contribution in [3.63, 3.8) is 0 Å². The van der Waals surface area contributed by atoms with Gasteiger partial charge in [0.1, 0.15) is 4.90 Å². The maximum Gasteiger partial charge on any atom is 0.339 e. The number of benzene rings is 2. The molecular formula is C14H12ClNO4S. The molecule has 0 amide bonds. The monoisotopic (exact) mass is 325 g/mol. The summed E-state index contributed by atoms with van der Waals surface area (Å²) in [5.41, 5.74) is 1.46. The molecule has 2 aromatic carbocycles. The summed E-state index contributed by atoms with van der Waals surface area (Å²) in [6.45, 7) is 1.86. The first-order valence-electron chi connectivity index (χ1n) is 5.90. The molecule has 110 valence electrons. The number of halogens is 1. The van der Waals surface area contributed by atoms with Gasteiger partial charge in [0, 0.05) is 0 Å². The quantitative estimate of drug-likeness (QED) is 0.405. The summed E-state index contributed by atoms with van der Waals surface area (Å²) in [6, 6.07) is 10.6. The van der Waals surface area contributed by atoms with E-state index in [0.717, 1.165) is 5.56 Å². The second-order valence-electron chi connectivity index (χ2n) is 4.28. The van der Waals surface area contributed by atoms with E-state index in [9.17, 15) is 8.42 Å². The van der Waals surface area contributed by atoms with Crippen molar-refractivity contribution in [2.24, 2.45) is 5.16 Å². The summed E-state index contributed by atoms with van der Waals surface area (Å²) in [4.78, 5) is 0.0464. The SMILES string of the molecule is Cc1ccc(S(=O)(=O)Oc2ccc(/C=N\O)cc2Cl)cc1. The van der Waals surface area contributed by atoms with E-state index < -0.39 is 10.1 Å². The van der Waals surface area contributed by atoms with Crippen LogP contribution in [0.1, 0.15) is 11.1 Å². The van der Waals surface area contributed by atoms with Crippen molar-refractivity contribution in [2.75, 3.05) is 0 Å². The zero-order valence-electron chi connectivity index (χ0n) is 11.0.